The van der Waals surface area contributed by atoms with Crippen LogP contribution in [0.4, 0.5) is 5.82 Å². The van der Waals surface area contributed by atoms with Crippen LogP contribution in [0.15, 0.2) is 54.7 Å². The van der Waals surface area contributed by atoms with Crippen molar-refractivity contribution in [3.8, 4) is 0 Å². The smallest absolute Gasteiger partial charge is 0.145 e. The fourth-order valence-corrected chi connectivity index (χ4v) is 3.38. The molecule has 1 aromatic heterocycles. The second-order valence-electron chi connectivity index (χ2n) is 6.70. The zero-order valence-corrected chi connectivity index (χ0v) is 15.1. The molecule has 0 radical (unpaired) electrons. The van der Waals surface area contributed by atoms with E-state index in [0.29, 0.717) is 0 Å². The van der Waals surface area contributed by atoms with Crippen LogP contribution in [0.3, 0.4) is 0 Å². The number of nitrogens with one attached hydrogen (secondary N) is 1. The van der Waals surface area contributed by atoms with Crippen molar-refractivity contribution in [3.63, 3.8) is 0 Å². The zero-order valence-electron chi connectivity index (χ0n) is 15.1. The Kier molecular flexibility index (Phi) is 5.09. The van der Waals surface area contributed by atoms with E-state index < -0.39 is 0 Å². The van der Waals surface area contributed by atoms with Crippen molar-refractivity contribution < 1.29 is 4.74 Å². The Hall–Kier alpha value is -2.50. The third kappa shape index (κ3) is 3.84. The van der Waals surface area contributed by atoms with Crippen LogP contribution >= 0.6 is 0 Å². The average molecular weight is 348 g/mol. The minimum atomic E-state index is 0.285. The summed E-state index contributed by atoms with van der Waals surface area (Å²) in [5, 5.41) is 3.49. The summed E-state index contributed by atoms with van der Waals surface area (Å²) in [5.74, 6) is 0.814. The first-order valence-corrected chi connectivity index (χ1v) is 9.13. The van der Waals surface area contributed by atoms with Gasteiger partial charge in [0.05, 0.1) is 36.5 Å². The van der Waals surface area contributed by atoms with Gasteiger partial charge in [-0.25, -0.2) is 4.98 Å². The first kappa shape index (κ1) is 16.9. The quantitative estimate of drug-likeness (QED) is 0.766. The van der Waals surface area contributed by atoms with Crippen molar-refractivity contribution in [2.24, 2.45) is 0 Å². The SMILES string of the molecule is Cc1ccc(C(CNc2cnc3ccccc3n2)N2CCOCC2)cc1. The first-order valence-electron chi connectivity index (χ1n) is 9.13. The Morgan fingerprint density at radius 2 is 1.77 bits per heavy atom. The Bertz CT molecular complexity index is 859. The summed E-state index contributed by atoms with van der Waals surface area (Å²) in [4.78, 5) is 11.7. The Balaban J connectivity index is 1.54. The van der Waals surface area contributed by atoms with Gasteiger partial charge < -0.3 is 10.1 Å². The number of para-hydroxylation sites is 2. The molecule has 1 fully saturated rings. The summed E-state index contributed by atoms with van der Waals surface area (Å²) < 4.78 is 5.53. The van der Waals surface area contributed by atoms with Crippen molar-refractivity contribution in [1.29, 1.82) is 0 Å². The minimum absolute atomic E-state index is 0.285. The third-order valence-corrected chi connectivity index (χ3v) is 4.87. The molecule has 1 N–H and O–H groups in total. The number of fused-ring (bicyclic) bond motifs is 1. The summed E-state index contributed by atoms with van der Waals surface area (Å²) in [6.07, 6.45) is 1.81. The summed E-state index contributed by atoms with van der Waals surface area (Å²) in [6.45, 7) is 6.38. The number of benzene rings is 2. The predicted octanol–water partition coefficient (Wildman–Crippen LogP) is 3.42. The van der Waals surface area contributed by atoms with Crippen LogP contribution in [0.25, 0.3) is 11.0 Å². The molecular formula is C21H24N4O. The second-order valence-corrected chi connectivity index (χ2v) is 6.70. The highest BCUT2D eigenvalue weighted by Crippen LogP contribution is 2.23. The van der Waals surface area contributed by atoms with Crippen molar-refractivity contribution in [3.05, 3.63) is 65.9 Å². The van der Waals surface area contributed by atoms with Gasteiger partial charge in [0.25, 0.3) is 0 Å². The number of aromatic nitrogens is 2. The standard InChI is InChI=1S/C21H24N4O/c1-16-6-8-17(9-7-16)20(25-10-12-26-13-11-25)14-23-21-15-22-18-4-2-3-5-19(18)24-21/h2-9,15,20H,10-14H2,1H3,(H,23,24). The van der Waals surface area contributed by atoms with Crippen LogP contribution < -0.4 is 5.32 Å². The monoisotopic (exact) mass is 348 g/mol. The topological polar surface area (TPSA) is 50.3 Å². The maximum absolute atomic E-state index is 5.53. The molecule has 5 heteroatoms. The number of aryl methyl sites for hydroxylation is 1. The zero-order chi connectivity index (χ0) is 17.8. The van der Waals surface area contributed by atoms with Gasteiger partial charge >= 0.3 is 0 Å². The molecule has 2 aromatic carbocycles. The van der Waals surface area contributed by atoms with E-state index in [1.165, 1.54) is 11.1 Å². The van der Waals surface area contributed by atoms with Gasteiger partial charge in [-0.1, -0.05) is 42.0 Å². The molecular weight excluding hydrogens is 324 g/mol. The van der Waals surface area contributed by atoms with Gasteiger partial charge in [-0.05, 0) is 24.6 Å². The fourth-order valence-electron chi connectivity index (χ4n) is 3.38. The molecule has 0 amide bonds. The number of hydrogen-bond acceptors (Lipinski definition) is 5. The molecule has 4 rings (SSSR count). The van der Waals surface area contributed by atoms with Crippen molar-refractivity contribution in [2.45, 2.75) is 13.0 Å². The van der Waals surface area contributed by atoms with Crippen LogP contribution in [0.2, 0.25) is 0 Å². The summed E-state index contributed by atoms with van der Waals surface area (Å²) >= 11 is 0. The molecule has 0 saturated carbocycles. The number of anilines is 1. The highest BCUT2D eigenvalue weighted by molar-refractivity contribution is 5.75. The normalized spacial score (nSPS) is 16.5. The molecule has 134 valence electrons. The van der Waals surface area contributed by atoms with E-state index in [9.17, 15) is 0 Å². The van der Waals surface area contributed by atoms with E-state index in [0.717, 1.165) is 49.7 Å². The van der Waals surface area contributed by atoms with Gasteiger partial charge in [0.2, 0.25) is 0 Å². The molecule has 0 aliphatic carbocycles. The molecule has 1 atom stereocenters. The van der Waals surface area contributed by atoms with Crippen LogP contribution in [-0.2, 0) is 4.74 Å². The molecule has 1 aliphatic rings. The highest BCUT2D eigenvalue weighted by atomic mass is 16.5. The molecule has 1 unspecified atom stereocenters. The minimum Gasteiger partial charge on any atom is -0.379 e. The maximum atomic E-state index is 5.53. The second kappa shape index (κ2) is 7.81. The van der Waals surface area contributed by atoms with E-state index in [4.69, 9.17) is 4.74 Å². The van der Waals surface area contributed by atoms with Gasteiger partial charge in [0, 0.05) is 19.6 Å². The van der Waals surface area contributed by atoms with Crippen LogP contribution in [0.5, 0.6) is 0 Å². The number of nitrogens with zero attached hydrogens (tertiary/aromatic N) is 3. The highest BCUT2D eigenvalue weighted by Gasteiger charge is 2.22. The lowest BCUT2D eigenvalue weighted by atomic mass is 10.0. The van der Waals surface area contributed by atoms with E-state index in [-0.39, 0.29) is 6.04 Å². The van der Waals surface area contributed by atoms with E-state index in [2.05, 4.69) is 51.4 Å². The Morgan fingerprint density at radius 3 is 2.54 bits per heavy atom. The molecule has 26 heavy (non-hydrogen) atoms. The van der Waals surface area contributed by atoms with Crippen LogP contribution in [-0.4, -0.2) is 47.7 Å². The van der Waals surface area contributed by atoms with E-state index in [1.54, 1.807) is 0 Å². The van der Waals surface area contributed by atoms with E-state index in [1.807, 2.05) is 30.5 Å². The largest absolute Gasteiger partial charge is 0.379 e. The molecule has 3 aromatic rings. The lowest BCUT2D eigenvalue weighted by molar-refractivity contribution is 0.0187. The van der Waals surface area contributed by atoms with Gasteiger partial charge in [0.15, 0.2) is 0 Å². The molecule has 0 bridgehead atoms. The maximum Gasteiger partial charge on any atom is 0.145 e. The summed E-state index contributed by atoms with van der Waals surface area (Å²) in [6, 6.07) is 17.0. The number of morpholine rings is 1. The Morgan fingerprint density at radius 1 is 1.04 bits per heavy atom. The van der Waals surface area contributed by atoms with E-state index >= 15 is 0 Å². The molecule has 5 nitrogen and oxygen atoms in total. The predicted molar refractivity (Wildman–Crippen MR) is 104 cm³/mol. The van der Waals surface area contributed by atoms with Crippen molar-refractivity contribution in [1.82, 2.24) is 14.9 Å². The lowest BCUT2D eigenvalue weighted by Crippen LogP contribution is -2.41. The molecule has 1 saturated heterocycles. The van der Waals surface area contributed by atoms with Crippen LogP contribution in [0.1, 0.15) is 17.2 Å². The number of hydrogen-bond donors (Lipinski definition) is 1. The average Bonchev–Trinajstić information content (AvgIpc) is 2.70. The third-order valence-electron chi connectivity index (χ3n) is 4.87. The molecule has 1 aliphatic heterocycles. The molecule has 2 heterocycles. The van der Waals surface area contributed by atoms with Gasteiger partial charge in [-0.2, -0.15) is 0 Å². The van der Waals surface area contributed by atoms with Crippen molar-refractivity contribution in [2.75, 3.05) is 38.2 Å². The van der Waals surface area contributed by atoms with Crippen molar-refractivity contribution >= 4 is 16.9 Å². The first-order chi connectivity index (χ1) is 12.8. The number of ether oxygens (including phenoxy) is 1. The van der Waals surface area contributed by atoms with Gasteiger partial charge in [-0.15, -0.1) is 0 Å². The van der Waals surface area contributed by atoms with Gasteiger partial charge in [-0.3, -0.25) is 9.88 Å². The van der Waals surface area contributed by atoms with Gasteiger partial charge in [0.1, 0.15) is 5.82 Å². The fraction of sp³-hybridized carbons (Fsp3) is 0.333. The summed E-state index contributed by atoms with van der Waals surface area (Å²) in [5.41, 5.74) is 4.43. The van der Waals surface area contributed by atoms with Crippen LogP contribution in [0, 0.1) is 6.92 Å². The lowest BCUT2D eigenvalue weighted by Gasteiger charge is -2.35. The summed E-state index contributed by atoms with van der Waals surface area (Å²) in [7, 11) is 0. The Labute approximate surface area is 154 Å². The number of rotatable bonds is 5. The molecule has 0 spiro atoms.